The first-order valence-corrected chi connectivity index (χ1v) is 7.26. The second-order valence-electron chi connectivity index (χ2n) is 4.23. The number of hydrogen-bond donors (Lipinski definition) is 1. The number of nitrogens with zero attached hydrogens (tertiary/aromatic N) is 1. The lowest BCUT2D eigenvalue weighted by atomic mass is 10.2. The summed E-state index contributed by atoms with van der Waals surface area (Å²) in [5.41, 5.74) is 6.36. The van der Waals surface area contributed by atoms with E-state index in [0.29, 0.717) is 28.1 Å². The van der Waals surface area contributed by atoms with E-state index in [4.69, 9.17) is 27.4 Å². The Morgan fingerprint density at radius 3 is 2.90 bits per heavy atom. The van der Waals surface area contributed by atoms with E-state index in [0.717, 1.165) is 11.3 Å². The van der Waals surface area contributed by atoms with Gasteiger partial charge in [0.1, 0.15) is 4.32 Å². The molecule has 1 aromatic rings. The van der Waals surface area contributed by atoms with Crippen LogP contribution < -0.4 is 15.2 Å². The van der Waals surface area contributed by atoms with Crippen molar-refractivity contribution in [3.63, 3.8) is 0 Å². The highest BCUT2D eigenvalue weighted by Crippen LogP contribution is 2.36. The van der Waals surface area contributed by atoms with Gasteiger partial charge in [0.15, 0.2) is 11.5 Å². The Labute approximate surface area is 137 Å². The third-order valence-corrected chi connectivity index (χ3v) is 4.30. The minimum Gasteiger partial charge on any atom is -0.454 e. The number of rotatable bonds is 3. The number of carbonyl (C=O) groups is 1. The molecule has 1 fully saturated rings. The van der Waals surface area contributed by atoms with Crippen LogP contribution in [0.1, 0.15) is 5.56 Å². The SMILES string of the molecule is Cl.NCCN1C(=O)C(=Cc2ccc3c(c2)OCO3)SC1=S. The third kappa shape index (κ3) is 3.16. The second kappa shape index (κ2) is 6.65. The number of halogens is 1. The van der Waals surface area contributed by atoms with E-state index in [1.165, 1.54) is 16.7 Å². The van der Waals surface area contributed by atoms with Crippen LogP contribution in [0.15, 0.2) is 23.1 Å². The molecule has 0 atom stereocenters. The number of hydrogen-bond acceptors (Lipinski definition) is 6. The van der Waals surface area contributed by atoms with Crippen LogP contribution in [-0.4, -0.2) is 35.0 Å². The van der Waals surface area contributed by atoms with Gasteiger partial charge >= 0.3 is 0 Å². The molecule has 2 N–H and O–H groups in total. The maximum atomic E-state index is 12.2. The average molecular weight is 345 g/mol. The van der Waals surface area contributed by atoms with Gasteiger partial charge in [-0.1, -0.05) is 30.0 Å². The molecule has 0 spiro atoms. The van der Waals surface area contributed by atoms with Crippen molar-refractivity contribution in [2.24, 2.45) is 5.73 Å². The van der Waals surface area contributed by atoms with Crippen molar-refractivity contribution in [2.45, 2.75) is 0 Å². The molecule has 0 unspecified atom stereocenters. The first kappa shape index (κ1) is 16.1. The maximum Gasteiger partial charge on any atom is 0.266 e. The molecule has 2 aliphatic rings. The molecule has 1 aromatic carbocycles. The molecule has 0 bridgehead atoms. The first-order chi connectivity index (χ1) is 9.69. The van der Waals surface area contributed by atoms with Gasteiger partial charge in [0, 0.05) is 13.1 Å². The number of amides is 1. The lowest BCUT2D eigenvalue weighted by Crippen LogP contribution is -2.32. The summed E-state index contributed by atoms with van der Waals surface area (Å²) in [6, 6.07) is 5.55. The molecule has 0 aliphatic carbocycles. The van der Waals surface area contributed by atoms with Crippen LogP contribution in [0.4, 0.5) is 0 Å². The van der Waals surface area contributed by atoms with Crippen molar-refractivity contribution < 1.29 is 14.3 Å². The zero-order valence-corrected chi connectivity index (χ0v) is 13.4. The lowest BCUT2D eigenvalue weighted by Gasteiger charge is -2.11. The molecule has 3 rings (SSSR count). The molecule has 2 heterocycles. The molecule has 0 saturated carbocycles. The summed E-state index contributed by atoms with van der Waals surface area (Å²) >= 11 is 6.47. The van der Waals surface area contributed by atoms with Gasteiger partial charge in [-0.15, -0.1) is 12.4 Å². The van der Waals surface area contributed by atoms with E-state index in [1.54, 1.807) is 6.08 Å². The third-order valence-electron chi connectivity index (χ3n) is 2.92. The van der Waals surface area contributed by atoms with Crippen LogP contribution in [0, 0.1) is 0 Å². The van der Waals surface area contributed by atoms with E-state index >= 15 is 0 Å². The van der Waals surface area contributed by atoms with Gasteiger partial charge in [-0.05, 0) is 23.8 Å². The van der Waals surface area contributed by atoms with Gasteiger partial charge in [-0.25, -0.2) is 0 Å². The summed E-state index contributed by atoms with van der Waals surface area (Å²) in [6.07, 6.45) is 1.80. The van der Waals surface area contributed by atoms with Crippen molar-refractivity contribution in [1.82, 2.24) is 4.90 Å². The van der Waals surface area contributed by atoms with Crippen LogP contribution in [0.5, 0.6) is 11.5 Å². The molecule has 0 aromatic heterocycles. The lowest BCUT2D eigenvalue weighted by molar-refractivity contribution is -0.122. The normalized spacial score (nSPS) is 18.3. The smallest absolute Gasteiger partial charge is 0.266 e. The van der Waals surface area contributed by atoms with Crippen LogP contribution in [0.3, 0.4) is 0 Å². The minimum atomic E-state index is -0.0943. The maximum absolute atomic E-state index is 12.2. The van der Waals surface area contributed by atoms with E-state index in [1.807, 2.05) is 18.2 Å². The topological polar surface area (TPSA) is 64.8 Å². The summed E-state index contributed by atoms with van der Waals surface area (Å²) in [7, 11) is 0. The van der Waals surface area contributed by atoms with Crippen molar-refractivity contribution in [1.29, 1.82) is 0 Å². The summed E-state index contributed by atoms with van der Waals surface area (Å²) < 4.78 is 11.1. The fourth-order valence-electron chi connectivity index (χ4n) is 1.98. The van der Waals surface area contributed by atoms with Crippen molar-refractivity contribution >= 4 is 52.7 Å². The first-order valence-electron chi connectivity index (χ1n) is 6.04. The molecule has 1 saturated heterocycles. The Kier molecular flexibility index (Phi) is 5.10. The van der Waals surface area contributed by atoms with Gasteiger partial charge in [0.05, 0.1) is 4.91 Å². The minimum absolute atomic E-state index is 0. The van der Waals surface area contributed by atoms with Crippen LogP contribution in [0.2, 0.25) is 0 Å². The number of benzene rings is 1. The summed E-state index contributed by atoms with van der Waals surface area (Å²) in [6.45, 7) is 1.07. The Balaban J connectivity index is 0.00000161. The Hall–Kier alpha value is -1.28. The summed E-state index contributed by atoms with van der Waals surface area (Å²) in [4.78, 5) is 14.3. The molecular weight excluding hydrogens is 332 g/mol. The van der Waals surface area contributed by atoms with Crippen LogP contribution in [-0.2, 0) is 4.79 Å². The number of carbonyl (C=O) groups excluding carboxylic acids is 1. The summed E-state index contributed by atoms with van der Waals surface area (Å²) in [5.74, 6) is 1.32. The van der Waals surface area contributed by atoms with Crippen molar-refractivity contribution in [2.75, 3.05) is 19.9 Å². The molecule has 5 nitrogen and oxygen atoms in total. The number of nitrogens with two attached hydrogens (primary N) is 1. The van der Waals surface area contributed by atoms with E-state index in [2.05, 4.69) is 0 Å². The number of fused-ring (bicyclic) bond motifs is 1. The monoisotopic (exact) mass is 344 g/mol. The van der Waals surface area contributed by atoms with Crippen molar-refractivity contribution in [3.8, 4) is 11.5 Å². The zero-order chi connectivity index (χ0) is 14.1. The highest BCUT2D eigenvalue weighted by atomic mass is 35.5. The highest BCUT2D eigenvalue weighted by Gasteiger charge is 2.31. The van der Waals surface area contributed by atoms with E-state index in [-0.39, 0.29) is 25.1 Å². The predicted octanol–water partition coefficient (Wildman–Crippen LogP) is 2.00. The Bertz CT molecular complexity index is 621. The van der Waals surface area contributed by atoms with Gasteiger partial charge in [0.25, 0.3) is 5.91 Å². The van der Waals surface area contributed by atoms with Gasteiger partial charge in [0.2, 0.25) is 6.79 Å². The zero-order valence-electron chi connectivity index (χ0n) is 10.9. The molecule has 0 radical (unpaired) electrons. The second-order valence-corrected chi connectivity index (χ2v) is 5.91. The predicted molar refractivity (Wildman–Crippen MR) is 88.7 cm³/mol. The van der Waals surface area contributed by atoms with Gasteiger partial charge in [-0.2, -0.15) is 0 Å². The average Bonchev–Trinajstić information content (AvgIpc) is 2.99. The molecule has 8 heteroatoms. The molecule has 1 amide bonds. The number of ether oxygens (including phenoxy) is 2. The molecule has 112 valence electrons. The fourth-order valence-corrected chi connectivity index (χ4v) is 3.28. The van der Waals surface area contributed by atoms with E-state index < -0.39 is 0 Å². The largest absolute Gasteiger partial charge is 0.454 e. The Morgan fingerprint density at radius 1 is 1.38 bits per heavy atom. The van der Waals surface area contributed by atoms with E-state index in [9.17, 15) is 4.79 Å². The van der Waals surface area contributed by atoms with Crippen LogP contribution in [0.25, 0.3) is 6.08 Å². The van der Waals surface area contributed by atoms with Gasteiger partial charge in [-0.3, -0.25) is 9.69 Å². The molecule has 2 aliphatic heterocycles. The molecular formula is C13H13ClN2O3S2. The molecule has 21 heavy (non-hydrogen) atoms. The summed E-state index contributed by atoms with van der Waals surface area (Å²) in [5, 5.41) is 0. The number of thioether (sulfide) groups is 1. The number of thiocarbonyl (C=S) groups is 1. The van der Waals surface area contributed by atoms with Gasteiger partial charge < -0.3 is 15.2 Å². The van der Waals surface area contributed by atoms with Crippen molar-refractivity contribution in [3.05, 3.63) is 28.7 Å². The standard InChI is InChI=1S/C13H12N2O3S2.ClH/c14-3-4-15-12(16)11(20-13(15)19)6-8-1-2-9-10(5-8)18-7-17-9;/h1-2,5-6H,3-4,7,14H2;1H. The van der Waals surface area contributed by atoms with Crippen LogP contribution >= 0.6 is 36.4 Å². The Morgan fingerprint density at radius 2 is 2.14 bits per heavy atom. The highest BCUT2D eigenvalue weighted by molar-refractivity contribution is 8.26. The quantitative estimate of drug-likeness (QED) is 0.668. The fraction of sp³-hybridized carbons (Fsp3) is 0.231.